The Morgan fingerprint density at radius 2 is 1.84 bits per heavy atom. The standard InChI is InChI=1S/C31H29N5S/c1-2-5-20(4-1)15-32-16-21-12-24(18-33-17-21)22-8-9-29-27(13-22)31(36-35-29)30-14-26-25(23-10-11-37-19-23)6-3-7-28(26)34-30/h3,6-14,17-20,32,34H,1-2,4-5,15-16H2,(H,35,36). The predicted molar refractivity (Wildman–Crippen MR) is 154 cm³/mol. The fourth-order valence-electron chi connectivity index (χ4n) is 5.73. The van der Waals surface area contributed by atoms with Crippen LogP contribution in [0, 0.1) is 5.92 Å². The second-order valence-corrected chi connectivity index (χ2v) is 10.9. The minimum absolute atomic E-state index is 0.837. The molecule has 0 amide bonds. The minimum Gasteiger partial charge on any atom is -0.353 e. The number of hydrogen-bond acceptors (Lipinski definition) is 4. The Balaban J connectivity index is 1.20. The van der Waals surface area contributed by atoms with Crippen LogP contribution in [0.5, 0.6) is 0 Å². The van der Waals surface area contributed by atoms with E-state index in [0.717, 1.165) is 57.9 Å². The number of rotatable bonds is 7. The van der Waals surface area contributed by atoms with Crippen LogP contribution in [0.25, 0.3) is 55.4 Å². The third-order valence-electron chi connectivity index (χ3n) is 7.68. The van der Waals surface area contributed by atoms with Crippen LogP contribution >= 0.6 is 11.3 Å². The third kappa shape index (κ3) is 4.37. The fourth-order valence-corrected chi connectivity index (χ4v) is 6.38. The molecule has 1 aliphatic carbocycles. The van der Waals surface area contributed by atoms with Gasteiger partial charge >= 0.3 is 0 Å². The lowest BCUT2D eigenvalue weighted by molar-refractivity contribution is 0.489. The van der Waals surface area contributed by atoms with Crippen LogP contribution < -0.4 is 5.32 Å². The first kappa shape index (κ1) is 22.5. The Morgan fingerprint density at radius 1 is 0.892 bits per heavy atom. The number of hydrogen-bond donors (Lipinski definition) is 3. The molecule has 1 aliphatic rings. The molecular formula is C31H29N5S. The molecule has 0 spiro atoms. The number of H-pyrrole nitrogens is 2. The first-order valence-corrected chi connectivity index (χ1v) is 14.0. The average Bonchev–Trinajstić information content (AvgIpc) is 3.74. The molecule has 4 aromatic heterocycles. The topological polar surface area (TPSA) is 69.4 Å². The molecule has 0 saturated heterocycles. The molecule has 1 saturated carbocycles. The lowest BCUT2D eigenvalue weighted by atomic mass is 10.0. The van der Waals surface area contributed by atoms with Crippen molar-refractivity contribution in [1.82, 2.24) is 25.5 Å². The summed E-state index contributed by atoms with van der Waals surface area (Å²) in [7, 11) is 0. The highest BCUT2D eigenvalue weighted by atomic mass is 32.1. The average molecular weight is 504 g/mol. The molecular weight excluding hydrogens is 474 g/mol. The van der Waals surface area contributed by atoms with Crippen molar-refractivity contribution in [2.45, 2.75) is 32.2 Å². The van der Waals surface area contributed by atoms with Crippen LogP contribution in [0.15, 0.2) is 77.8 Å². The van der Waals surface area contributed by atoms with E-state index in [1.807, 2.05) is 12.4 Å². The smallest absolute Gasteiger partial charge is 0.116 e. The highest BCUT2D eigenvalue weighted by Gasteiger charge is 2.16. The summed E-state index contributed by atoms with van der Waals surface area (Å²) in [6.45, 7) is 1.96. The molecule has 0 atom stereocenters. The van der Waals surface area contributed by atoms with E-state index in [9.17, 15) is 0 Å². The van der Waals surface area contributed by atoms with Crippen molar-refractivity contribution in [2.75, 3.05) is 6.54 Å². The number of fused-ring (bicyclic) bond motifs is 2. The Kier molecular flexibility index (Phi) is 5.84. The van der Waals surface area contributed by atoms with Gasteiger partial charge in [-0.2, -0.15) is 16.4 Å². The van der Waals surface area contributed by atoms with E-state index in [0.29, 0.717) is 0 Å². The highest BCUT2D eigenvalue weighted by Crippen LogP contribution is 2.36. The summed E-state index contributed by atoms with van der Waals surface area (Å²) in [4.78, 5) is 8.16. The number of thiophene rings is 1. The van der Waals surface area contributed by atoms with Gasteiger partial charge in [0, 0.05) is 40.8 Å². The van der Waals surface area contributed by atoms with E-state index in [-0.39, 0.29) is 0 Å². The Bertz CT molecular complexity index is 1670. The molecule has 1 fully saturated rings. The lowest BCUT2D eigenvalue weighted by Crippen LogP contribution is -2.20. The van der Waals surface area contributed by atoms with Gasteiger partial charge in [0.25, 0.3) is 0 Å². The molecule has 0 radical (unpaired) electrons. The van der Waals surface area contributed by atoms with Gasteiger partial charge in [-0.05, 0) is 94.7 Å². The summed E-state index contributed by atoms with van der Waals surface area (Å²) in [6.07, 6.45) is 9.43. The van der Waals surface area contributed by atoms with Gasteiger partial charge in [-0.15, -0.1) is 0 Å². The van der Waals surface area contributed by atoms with Crippen LogP contribution in [0.3, 0.4) is 0 Å². The molecule has 4 heterocycles. The summed E-state index contributed by atoms with van der Waals surface area (Å²) in [5.74, 6) is 0.837. The molecule has 0 unspecified atom stereocenters. The summed E-state index contributed by atoms with van der Waals surface area (Å²) >= 11 is 1.72. The molecule has 3 N–H and O–H groups in total. The van der Waals surface area contributed by atoms with Crippen LogP contribution in [0.2, 0.25) is 0 Å². The summed E-state index contributed by atoms with van der Waals surface area (Å²) < 4.78 is 0. The van der Waals surface area contributed by atoms with Crippen molar-refractivity contribution in [3.8, 4) is 33.6 Å². The van der Waals surface area contributed by atoms with Crippen molar-refractivity contribution >= 4 is 33.1 Å². The zero-order chi connectivity index (χ0) is 24.6. The monoisotopic (exact) mass is 503 g/mol. The Labute approximate surface area is 220 Å². The van der Waals surface area contributed by atoms with E-state index >= 15 is 0 Å². The van der Waals surface area contributed by atoms with Crippen LogP contribution in [-0.2, 0) is 6.54 Å². The summed E-state index contributed by atoms with van der Waals surface area (Å²) in [5.41, 5.74) is 10.1. The quantitative estimate of drug-likeness (QED) is 0.208. The maximum absolute atomic E-state index is 4.70. The zero-order valence-electron chi connectivity index (χ0n) is 20.6. The Hall–Kier alpha value is -3.74. The van der Waals surface area contributed by atoms with Gasteiger partial charge in [0.15, 0.2) is 0 Å². The molecule has 7 rings (SSSR count). The second-order valence-electron chi connectivity index (χ2n) is 10.2. The highest BCUT2D eigenvalue weighted by molar-refractivity contribution is 7.08. The van der Waals surface area contributed by atoms with Crippen molar-refractivity contribution in [3.63, 3.8) is 0 Å². The van der Waals surface area contributed by atoms with Gasteiger partial charge in [0.2, 0.25) is 0 Å². The predicted octanol–water partition coefficient (Wildman–Crippen LogP) is 7.78. The van der Waals surface area contributed by atoms with Crippen LogP contribution in [-0.4, -0.2) is 26.7 Å². The van der Waals surface area contributed by atoms with Gasteiger partial charge in [-0.25, -0.2) is 0 Å². The van der Waals surface area contributed by atoms with Gasteiger partial charge in [-0.1, -0.05) is 31.0 Å². The number of nitrogens with zero attached hydrogens (tertiary/aromatic N) is 2. The molecule has 0 bridgehead atoms. The van der Waals surface area contributed by atoms with E-state index in [1.165, 1.54) is 47.8 Å². The van der Waals surface area contributed by atoms with Crippen molar-refractivity contribution < 1.29 is 0 Å². The van der Waals surface area contributed by atoms with Gasteiger partial charge in [0.1, 0.15) is 5.69 Å². The molecule has 2 aromatic carbocycles. The fraction of sp³-hybridized carbons (Fsp3) is 0.226. The molecule has 6 heteroatoms. The molecule has 184 valence electrons. The maximum atomic E-state index is 4.70. The molecule has 5 nitrogen and oxygen atoms in total. The SMILES string of the molecule is c1cc(-c2ccsc2)c2cc(-c3n[nH]c4ccc(-c5cncc(CNCC6CCCC6)c5)cc34)[nH]c2c1. The van der Waals surface area contributed by atoms with Crippen LogP contribution in [0.1, 0.15) is 31.2 Å². The molecule has 37 heavy (non-hydrogen) atoms. The number of nitrogens with one attached hydrogen (secondary N) is 3. The van der Waals surface area contributed by atoms with E-state index in [1.54, 1.807) is 11.3 Å². The number of aromatic amines is 2. The van der Waals surface area contributed by atoms with E-state index in [4.69, 9.17) is 5.10 Å². The minimum atomic E-state index is 0.837. The van der Waals surface area contributed by atoms with Gasteiger partial charge in [0.05, 0.1) is 11.2 Å². The zero-order valence-corrected chi connectivity index (χ0v) is 21.4. The molecule has 0 aliphatic heterocycles. The van der Waals surface area contributed by atoms with Gasteiger partial charge in [-0.3, -0.25) is 10.1 Å². The number of benzene rings is 2. The van der Waals surface area contributed by atoms with E-state index < -0.39 is 0 Å². The van der Waals surface area contributed by atoms with Crippen LogP contribution in [0.4, 0.5) is 0 Å². The third-order valence-corrected chi connectivity index (χ3v) is 8.36. The summed E-state index contributed by atoms with van der Waals surface area (Å²) in [5, 5.41) is 18.2. The second kappa shape index (κ2) is 9.61. The lowest BCUT2D eigenvalue weighted by Gasteiger charge is -2.11. The number of aromatic nitrogens is 4. The first-order chi connectivity index (χ1) is 18.3. The van der Waals surface area contributed by atoms with Crippen molar-refractivity contribution in [1.29, 1.82) is 0 Å². The van der Waals surface area contributed by atoms with Gasteiger partial charge < -0.3 is 10.3 Å². The molecule has 6 aromatic rings. The number of pyridine rings is 1. The Morgan fingerprint density at radius 3 is 2.73 bits per heavy atom. The maximum Gasteiger partial charge on any atom is 0.116 e. The van der Waals surface area contributed by atoms with Crippen molar-refractivity contribution in [2.24, 2.45) is 5.92 Å². The van der Waals surface area contributed by atoms with E-state index in [2.05, 4.69) is 85.7 Å². The largest absolute Gasteiger partial charge is 0.353 e. The van der Waals surface area contributed by atoms with Crippen molar-refractivity contribution in [3.05, 3.63) is 83.3 Å². The normalized spacial score (nSPS) is 14.3. The summed E-state index contributed by atoms with van der Waals surface area (Å²) in [6, 6.07) is 19.6. The first-order valence-electron chi connectivity index (χ1n) is 13.1.